The summed E-state index contributed by atoms with van der Waals surface area (Å²) in [5.74, 6) is 3.54. The molecule has 98 valence electrons. The van der Waals surface area contributed by atoms with Crippen LogP contribution in [-0.2, 0) is 11.3 Å². The van der Waals surface area contributed by atoms with E-state index >= 15 is 0 Å². The van der Waals surface area contributed by atoms with Crippen LogP contribution in [0, 0.1) is 5.92 Å². The maximum absolute atomic E-state index is 5.14. The molecule has 2 atom stereocenters. The minimum atomic E-state index is 0.463. The van der Waals surface area contributed by atoms with E-state index in [0.29, 0.717) is 12.6 Å². The van der Waals surface area contributed by atoms with Crippen LogP contribution in [0.15, 0.2) is 6.07 Å². The van der Waals surface area contributed by atoms with Crippen LogP contribution in [0.4, 0.5) is 11.6 Å². The third-order valence-electron chi connectivity index (χ3n) is 3.99. The molecule has 2 aliphatic rings. The van der Waals surface area contributed by atoms with Gasteiger partial charge in [-0.15, -0.1) is 0 Å². The molecule has 1 saturated carbocycles. The van der Waals surface area contributed by atoms with Crippen molar-refractivity contribution < 1.29 is 4.74 Å². The second-order valence-corrected chi connectivity index (χ2v) is 5.20. The van der Waals surface area contributed by atoms with Crippen LogP contribution in [0.2, 0.25) is 0 Å². The first-order valence-corrected chi connectivity index (χ1v) is 6.61. The van der Waals surface area contributed by atoms with Crippen molar-refractivity contribution in [2.75, 3.05) is 30.9 Å². The quantitative estimate of drug-likeness (QED) is 0.878. The molecular weight excluding hydrogens is 228 g/mol. The van der Waals surface area contributed by atoms with E-state index in [0.717, 1.165) is 29.9 Å². The Morgan fingerprint density at radius 3 is 2.94 bits per heavy atom. The van der Waals surface area contributed by atoms with Gasteiger partial charge >= 0.3 is 0 Å². The van der Waals surface area contributed by atoms with Crippen molar-refractivity contribution in [2.45, 2.75) is 31.9 Å². The molecule has 5 heteroatoms. The highest BCUT2D eigenvalue weighted by Gasteiger charge is 2.38. The molecule has 0 amide bonds. The van der Waals surface area contributed by atoms with Crippen LogP contribution in [0.25, 0.3) is 0 Å². The lowest BCUT2D eigenvalue weighted by atomic mass is 10.1. The molecule has 1 aliphatic heterocycles. The highest BCUT2D eigenvalue weighted by molar-refractivity contribution is 5.51. The topological polar surface area (TPSA) is 50.3 Å². The zero-order valence-corrected chi connectivity index (χ0v) is 11.0. The fourth-order valence-corrected chi connectivity index (χ4v) is 3.16. The van der Waals surface area contributed by atoms with Crippen molar-refractivity contribution in [1.82, 2.24) is 9.97 Å². The number of nitrogens with one attached hydrogen (secondary N) is 1. The minimum Gasteiger partial charge on any atom is -0.377 e. The smallest absolute Gasteiger partial charge is 0.158 e. The van der Waals surface area contributed by atoms with E-state index in [1.807, 2.05) is 13.1 Å². The lowest BCUT2D eigenvalue weighted by Gasteiger charge is -2.28. The zero-order chi connectivity index (χ0) is 12.5. The fraction of sp³-hybridized carbons (Fsp3) is 0.692. The normalized spacial score (nSPS) is 25.8. The molecule has 3 rings (SSSR count). The first kappa shape index (κ1) is 11.7. The van der Waals surface area contributed by atoms with Gasteiger partial charge in [0.1, 0.15) is 18.2 Å². The Kier molecular flexibility index (Phi) is 3.07. The Balaban J connectivity index is 1.88. The molecule has 2 bridgehead atoms. The summed E-state index contributed by atoms with van der Waals surface area (Å²) in [6.45, 7) is 1.61. The molecule has 1 saturated heterocycles. The highest BCUT2D eigenvalue weighted by Crippen LogP contribution is 2.39. The molecule has 2 heterocycles. The SMILES string of the molecule is CNc1cc(N2CC3CCC2C3)nc(COC)n1. The van der Waals surface area contributed by atoms with Crippen LogP contribution in [0.1, 0.15) is 25.1 Å². The number of hydrogen-bond acceptors (Lipinski definition) is 5. The molecule has 1 aromatic rings. The van der Waals surface area contributed by atoms with E-state index in [1.165, 1.54) is 19.3 Å². The number of methoxy groups -OCH3 is 1. The molecule has 18 heavy (non-hydrogen) atoms. The van der Waals surface area contributed by atoms with Gasteiger partial charge in [0.15, 0.2) is 5.82 Å². The van der Waals surface area contributed by atoms with Gasteiger partial charge in [0, 0.05) is 32.8 Å². The first-order valence-electron chi connectivity index (χ1n) is 6.61. The predicted octanol–water partition coefficient (Wildman–Crippen LogP) is 1.65. The van der Waals surface area contributed by atoms with Crippen molar-refractivity contribution in [1.29, 1.82) is 0 Å². The van der Waals surface area contributed by atoms with Gasteiger partial charge in [0.25, 0.3) is 0 Å². The number of hydrogen-bond donors (Lipinski definition) is 1. The van der Waals surface area contributed by atoms with E-state index in [2.05, 4.69) is 20.2 Å². The summed E-state index contributed by atoms with van der Waals surface area (Å²) in [5, 5.41) is 3.10. The van der Waals surface area contributed by atoms with Crippen LogP contribution in [0.3, 0.4) is 0 Å². The Morgan fingerprint density at radius 1 is 1.44 bits per heavy atom. The summed E-state index contributed by atoms with van der Waals surface area (Å²) in [6, 6.07) is 2.73. The molecule has 2 fully saturated rings. The fourth-order valence-electron chi connectivity index (χ4n) is 3.16. The average Bonchev–Trinajstić information content (AvgIpc) is 3.01. The van der Waals surface area contributed by atoms with Gasteiger partial charge in [-0.05, 0) is 25.2 Å². The van der Waals surface area contributed by atoms with Gasteiger partial charge < -0.3 is 15.0 Å². The molecule has 1 N–H and O–H groups in total. The van der Waals surface area contributed by atoms with Gasteiger partial charge in [-0.2, -0.15) is 0 Å². The molecule has 0 spiro atoms. The lowest BCUT2D eigenvalue weighted by molar-refractivity contribution is 0.178. The third-order valence-corrected chi connectivity index (χ3v) is 3.99. The van der Waals surface area contributed by atoms with E-state index in [4.69, 9.17) is 4.74 Å². The van der Waals surface area contributed by atoms with Gasteiger partial charge in [0.05, 0.1) is 0 Å². The summed E-state index contributed by atoms with van der Waals surface area (Å²) in [5.41, 5.74) is 0. The molecular formula is C13H20N4O. The minimum absolute atomic E-state index is 0.463. The zero-order valence-electron chi connectivity index (χ0n) is 11.0. The summed E-state index contributed by atoms with van der Waals surface area (Å²) < 4.78 is 5.14. The number of nitrogens with zero attached hydrogens (tertiary/aromatic N) is 3. The molecule has 5 nitrogen and oxygen atoms in total. The van der Waals surface area contributed by atoms with E-state index < -0.39 is 0 Å². The van der Waals surface area contributed by atoms with Gasteiger partial charge in [-0.25, -0.2) is 9.97 Å². The summed E-state index contributed by atoms with van der Waals surface area (Å²) in [6.07, 6.45) is 4.03. The monoisotopic (exact) mass is 248 g/mol. The Morgan fingerprint density at radius 2 is 2.33 bits per heavy atom. The standard InChI is InChI=1S/C13H20N4O/c1-14-11-6-13(16-12(15-11)8-18-2)17-7-9-3-4-10(17)5-9/h6,9-10H,3-5,7-8H2,1-2H3,(H,14,15,16). The van der Waals surface area contributed by atoms with Gasteiger partial charge in [-0.1, -0.05) is 0 Å². The van der Waals surface area contributed by atoms with E-state index in [9.17, 15) is 0 Å². The third kappa shape index (κ3) is 2.03. The maximum atomic E-state index is 5.14. The van der Waals surface area contributed by atoms with Crippen LogP contribution in [0.5, 0.6) is 0 Å². The number of ether oxygens (including phenoxy) is 1. The maximum Gasteiger partial charge on any atom is 0.158 e. The van der Waals surface area contributed by atoms with Crippen molar-refractivity contribution >= 4 is 11.6 Å². The van der Waals surface area contributed by atoms with E-state index in [1.54, 1.807) is 7.11 Å². The Bertz CT molecular complexity index is 437. The molecule has 0 radical (unpaired) electrons. The number of piperidine rings is 1. The summed E-state index contributed by atoms with van der Waals surface area (Å²) in [4.78, 5) is 11.5. The summed E-state index contributed by atoms with van der Waals surface area (Å²) in [7, 11) is 3.56. The number of aromatic nitrogens is 2. The van der Waals surface area contributed by atoms with Crippen LogP contribution < -0.4 is 10.2 Å². The largest absolute Gasteiger partial charge is 0.377 e. The average molecular weight is 248 g/mol. The van der Waals surface area contributed by atoms with Crippen LogP contribution in [-0.4, -0.2) is 36.7 Å². The number of rotatable bonds is 4. The Hall–Kier alpha value is -1.36. The van der Waals surface area contributed by atoms with E-state index in [-0.39, 0.29) is 0 Å². The lowest BCUT2D eigenvalue weighted by Crippen LogP contribution is -2.33. The second-order valence-electron chi connectivity index (χ2n) is 5.20. The van der Waals surface area contributed by atoms with Crippen molar-refractivity contribution in [3.63, 3.8) is 0 Å². The number of anilines is 2. The molecule has 1 aliphatic carbocycles. The molecule has 2 unspecified atom stereocenters. The van der Waals surface area contributed by atoms with Crippen LogP contribution >= 0.6 is 0 Å². The number of fused-ring (bicyclic) bond motifs is 2. The Labute approximate surface area is 108 Å². The predicted molar refractivity (Wildman–Crippen MR) is 70.8 cm³/mol. The first-order chi connectivity index (χ1) is 8.80. The highest BCUT2D eigenvalue weighted by atomic mass is 16.5. The van der Waals surface area contributed by atoms with Crippen molar-refractivity contribution in [2.24, 2.45) is 5.92 Å². The van der Waals surface area contributed by atoms with Gasteiger partial charge in [-0.3, -0.25) is 0 Å². The summed E-state index contributed by atoms with van der Waals surface area (Å²) >= 11 is 0. The van der Waals surface area contributed by atoms with Crippen molar-refractivity contribution in [3.05, 3.63) is 11.9 Å². The second kappa shape index (κ2) is 4.72. The van der Waals surface area contributed by atoms with Crippen molar-refractivity contribution in [3.8, 4) is 0 Å². The molecule has 0 aromatic carbocycles. The molecule has 1 aromatic heterocycles. The van der Waals surface area contributed by atoms with Gasteiger partial charge in [0.2, 0.25) is 0 Å².